The van der Waals surface area contributed by atoms with Crippen LogP contribution >= 0.6 is 23.4 Å². The number of carbonyl (C=O) groups excluding carboxylic acids is 1. The van der Waals surface area contributed by atoms with Crippen molar-refractivity contribution < 1.29 is 4.79 Å². The van der Waals surface area contributed by atoms with E-state index in [2.05, 4.69) is 12.2 Å². The Morgan fingerprint density at radius 1 is 1.47 bits per heavy atom. The number of amides is 1. The summed E-state index contributed by atoms with van der Waals surface area (Å²) in [7, 11) is 0. The van der Waals surface area contributed by atoms with Crippen LogP contribution < -0.4 is 11.1 Å². The van der Waals surface area contributed by atoms with Crippen LogP contribution in [-0.4, -0.2) is 16.9 Å². The van der Waals surface area contributed by atoms with Crippen molar-refractivity contribution in [2.24, 2.45) is 0 Å². The molecule has 1 amide bonds. The van der Waals surface area contributed by atoms with Crippen molar-refractivity contribution in [3.63, 3.8) is 0 Å². The van der Waals surface area contributed by atoms with Gasteiger partial charge in [0, 0.05) is 5.69 Å². The normalized spacial score (nSPS) is 12.2. The van der Waals surface area contributed by atoms with Crippen LogP contribution in [0.3, 0.4) is 0 Å². The highest BCUT2D eigenvalue weighted by Gasteiger charge is 2.13. The highest BCUT2D eigenvalue weighted by Crippen LogP contribution is 2.23. The molecule has 0 saturated carbocycles. The van der Waals surface area contributed by atoms with E-state index in [1.54, 1.807) is 30.0 Å². The third kappa shape index (κ3) is 5.74. The molecule has 1 aromatic carbocycles. The molecule has 19 heavy (non-hydrogen) atoms. The van der Waals surface area contributed by atoms with Crippen molar-refractivity contribution >= 4 is 40.6 Å². The Balaban J connectivity index is 2.42. The third-order valence-electron chi connectivity index (χ3n) is 2.75. The summed E-state index contributed by atoms with van der Waals surface area (Å²) in [4.78, 5) is 12.0. The van der Waals surface area contributed by atoms with Crippen molar-refractivity contribution in [2.75, 3.05) is 16.8 Å². The smallest absolute Gasteiger partial charge is 0.237 e. The standard InChI is InChI=1S/C14H21ClN2OS/c1-3-4-5-8-19-10(2)14(18)17-11-6-7-12(15)13(16)9-11/h6-7,9-10H,3-5,8,16H2,1-2H3,(H,17,18). The number of hydrogen-bond acceptors (Lipinski definition) is 3. The van der Waals surface area contributed by atoms with Crippen LogP contribution in [0.25, 0.3) is 0 Å². The lowest BCUT2D eigenvalue weighted by Gasteiger charge is -2.12. The molecule has 0 saturated heterocycles. The second kappa shape index (κ2) is 8.33. The SMILES string of the molecule is CCCCCSC(C)C(=O)Nc1ccc(Cl)c(N)c1. The molecule has 0 bridgehead atoms. The van der Waals surface area contributed by atoms with E-state index in [0.29, 0.717) is 16.4 Å². The Hall–Kier alpha value is -0.870. The number of rotatable bonds is 7. The highest BCUT2D eigenvalue weighted by atomic mass is 35.5. The molecule has 1 aromatic rings. The second-order valence-electron chi connectivity index (χ2n) is 4.45. The molecule has 5 heteroatoms. The van der Waals surface area contributed by atoms with Crippen LogP contribution in [0, 0.1) is 0 Å². The number of benzene rings is 1. The molecule has 1 atom stereocenters. The summed E-state index contributed by atoms with van der Waals surface area (Å²) >= 11 is 7.52. The average molecular weight is 301 g/mol. The fourth-order valence-electron chi connectivity index (χ4n) is 1.55. The van der Waals surface area contributed by atoms with Crippen LogP contribution in [0.2, 0.25) is 5.02 Å². The molecule has 1 rings (SSSR count). The lowest BCUT2D eigenvalue weighted by atomic mass is 10.2. The monoisotopic (exact) mass is 300 g/mol. The zero-order chi connectivity index (χ0) is 14.3. The van der Waals surface area contributed by atoms with E-state index in [4.69, 9.17) is 17.3 Å². The summed E-state index contributed by atoms with van der Waals surface area (Å²) in [6, 6.07) is 5.12. The van der Waals surface area contributed by atoms with Gasteiger partial charge in [-0.15, -0.1) is 11.8 Å². The van der Waals surface area contributed by atoms with E-state index in [1.807, 2.05) is 6.92 Å². The molecular weight excluding hydrogens is 280 g/mol. The molecule has 106 valence electrons. The molecule has 0 aliphatic rings. The first-order valence-corrected chi connectivity index (χ1v) is 7.94. The largest absolute Gasteiger partial charge is 0.397 e. The van der Waals surface area contributed by atoms with Crippen LogP contribution in [0.4, 0.5) is 11.4 Å². The van der Waals surface area contributed by atoms with E-state index in [1.165, 1.54) is 12.8 Å². The van der Waals surface area contributed by atoms with E-state index in [-0.39, 0.29) is 11.2 Å². The van der Waals surface area contributed by atoms with E-state index < -0.39 is 0 Å². The minimum absolute atomic E-state index is 0.00298. The zero-order valence-electron chi connectivity index (χ0n) is 11.4. The van der Waals surface area contributed by atoms with Gasteiger partial charge in [0.15, 0.2) is 0 Å². The quantitative estimate of drug-likeness (QED) is 0.587. The number of thioether (sulfide) groups is 1. The fourth-order valence-corrected chi connectivity index (χ4v) is 2.61. The topological polar surface area (TPSA) is 55.1 Å². The van der Waals surface area contributed by atoms with Gasteiger partial charge in [-0.2, -0.15) is 0 Å². The van der Waals surface area contributed by atoms with Gasteiger partial charge in [0.1, 0.15) is 0 Å². The van der Waals surface area contributed by atoms with Crippen molar-refractivity contribution in [3.05, 3.63) is 23.2 Å². The fraction of sp³-hybridized carbons (Fsp3) is 0.500. The first-order valence-electron chi connectivity index (χ1n) is 6.52. The first kappa shape index (κ1) is 16.2. The minimum atomic E-state index is -0.0613. The molecule has 0 spiro atoms. The van der Waals surface area contributed by atoms with Gasteiger partial charge in [-0.1, -0.05) is 31.4 Å². The molecule has 3 nitrogen and oxygen atoms in total. The van der Waals surface area contributed by atoms with Gasteiger partial charge in [0.05, 0.1) is 16.0 Å². The summed E-state index contributed by atoms with van der Waals surface area (Å²) in [5, 5.41) is 3.29. The van der Waals surface area contributed by atoms with Crippen LogP contribution in [-0.2, 0) is 4.79 Å². The van der Waals surface area contributed by atoms with Crippen molar-refractivity contribution in [1.82, 2.24) is 0 Å². The Labute approximate surface area is 124 Å². The number of hydrogen-bond donors (Lipinski definition) is 2. The zero-order valence-corrected chi connectivity index (χ0v) is 13.0. The lowest BCUT2D eigenvalue weighted by molar-refractivity contribution is -0.115. The van der Waals surface area contributed by atoms with Crippen LogP contribution in [0.5, 0.6) is 0 Å². The molecule has 0 aliphatic carbocycles. The molecule has 0 aromatic heterocycles. The minimum Gasteiger partial charge on any atom is -0.397 e. The molecule has 1 unspecified atom stereocenters. The molecular formula is C14H21ClN2OS. The summed E-state index contributed by atoms with van der Waals surface area (Å²) in [5.74, 6) is 1.02. The number of unbranched alkanes of at least 4 members (excludes halogenated alkanes) is 2. The Morgan fingerprint density at radius 3 is 2.84 bits per heavy atom. The summed E-state index contributed by atoms with van der Waals surface area (Å²) in [6.07, 6.45) is 3.58. The highest BCUT2D eigenvalue weighted by molar-refractivity contribution is 8.00. The van der Waals surface area contributed by atoms with Gasteiger partial charge in [-0.05, 0) is 37.3 Å². The number of nitrogen functional groups attached to an aromatic ring is 1. The van der Waals surface area contributed by atoms with E-state index in [0.717, 1.165) is 12.2 Å². The summed E-state index contributed by atoms with van der Waals surface area (Å²) < 4.78 is 0. The summed E-state index contributed by atoms with van der Waals surface area (Å²) in [5.41, 5.74) is 6.86. The van der Waals surface area contributed by atoms with Gasteiger partial charge < -0.3 is 11.1 Å². The van der Waals surface area contributed by atoms with Gasteiger partial charge in [0.25, 0.3) is 0 Å². The maximum Gasteiger partial charge on any atom is 0.237 e. The lowest BCUT2D eigenvalue weighted by Crippen LogP contribution is -2.22. The van der Waals surface area contributed by atoms with Crippen LogP contribution in [0.15, 0.2) is 18.2 Å². The number of anilines is 2. The number of nitrogens with two attached hydrogens (primary N) is 1. The van der Waals surface area contributed by atoms with E-state index in [9.17, 15) is 4.79 Å². The number of carbonyl (C=O) groups is 1. The Kier molecular flexibility index (Phi) is 7.10. The van der Waals surface area contributed by atoms with E-state index >= 15 is 0 Å². The molecule has 3 N–H and O–H groups in total. The second-order valence-corrected chi connectivity index (χ2v) is 6.30. The van der Waals surface area contributed by atoms with Gasteiger partial charge >= 0.3 is 0 Å². The predicted molar refractivity (Wildman–Crippen MR) is 85.9 cm³/mol. The van der Waals surface area contributed by atoms with Crippen molar-refractivity contribution in [2.45, 2.75) is 38.4 Å². The first-order chi connectivity index (χ1) is 9.04. The Morgan fingerprint density at radius 2 is 2.21 bits per heavy atom. The van der Waals surface area contributed by atoms with Gasteiger partial charge in [-0.3, -0.25) is 4.79 Å². The maximum atomic E-state index is 12.0. The maximum absolute atomic E-state index is 12.0. The Bertz CT molecular complexity index is 426. The predicted octanol–water partition coefficient (Wildman–Crippen LogP) is 4.17. The van der Waals surface area contributed by atoms with Gasteiger partial charge in [0.2, 0.25) is 5.91 Å². The molecule has 0 heterocycles. The van der Waals surface area contributed by atoms with Crippen molar-refractivity contribution in [1.29, 1.82) is 0 Å². The van der Waals surface area contributed by atoms with Crippen molar-refractivity contribution in [3.8, 4) is 0 Å². The average Bonchev–Trinajstić information content (AvgIpc) is 2.38. The number of halogens is 1. The number of nitrogens with one attached hydrogen (secondary N) is 1. The molecule has 0 aliphatic heterocycles. The molecule has 0 radical (unpaired) electrons. The van der Waals surface area contributed by atoms with Gasteiger partial charge in [-0.25, -0.2) is 0 Å². The third-order valence-corrected chi connectivity index (χ3v) is 4.33. The van der Waals surface area contributed by atoms with Crippen LogP contribution in [0.1, 0.15) is 33.1 Å². The molecule has 0 fully saturated rings. The summed E-state index contributed by atoms with van der Waals surface area (Å²) in [6.45, 7) is 4.09.